The van der Waals surface area contributed by atoms with Crippen molar-refractivity contribution < 1.29 is 13.9 Å². The van der Waals surface area contributed by atoms with E-state index in [4.69, 9.17) is 27.9 Å². The van der Waals surface area contributed by atoms with Gasteiger partial charge in [0.15, 0.2) is 6.29 Å². The molecule has 0 atom stereocenters. The smallest absolute Gasteiger partial charge is 0.153 e. The molecule has 0 fully saturated rings. The van der Waals surface area contributed by atoms with Crippen LogP contribution in [0.2, 0.25) is 10.0 Å². The van der Waals surface area contributed by atoms with Crippen molar-refractivity contribution in [3.8, 4) is 5.75 Å². The highest BCUT2D eigenvalue weighted by molar-refractivity contribution is 9.10. The van der Waals surface area contributed by atoms with Crippen LogP contribution in [0.25, 0.3) is 0 Å². The fourth-order valence-electron chi connectivity index (χ4n) is 1.62. The van der Waals surface area contributed by atoms with Crippen LogP contribution in [0.5, 0.6) is 5.75 Å². The third-order valence-electron chi connectivity index (χ3n) is 2.54. The Morgan fingerprint density at radius 3 is 2.70 bits per heavy atom. The Bertz CT molecular complexity index is 662. The highest BCUT2D eigenvalue weighted by atomic mass is 79.9. The van der Waals surface area contributed by atoms with E-state index in [2.05, 4.69) is 15.9 Å². The molecule has 0 aliphatic carbocycles. The van der Waals surface area contributed by atoms with Gasteiger partial charge >= 0.3 is 0 Å². The molecule has 0 aliphatic rings. The molecule has 0 saturated heterocycles. The fraction of sp³-hybridized carbons (Fsp3) is 0.0714. The van der Waals surface area contributed by atoms with Crippen LogP contribution < -0.4 is 4.74 Å². The van der Waals surface area contributed by atoms with Crippen molar-refractivity contribution in [1.29, 1.82) is 0 Å². The van der Waals surface area contributed by atoms with E-state index in [1.807, 2.05) is 0 Å². The molecule has 0 N–H and O–H groups in total. The molecule has 2 aromatic rings. The van der Waals surface area contributed by atoms with Crippen molar-refractivity contribution in [2.75, 3.05) is 0 Å². The van der Waals surface area contributed by atoms with Gasteiger partial charge in [-0.15, -0.1) is 0 Å². The van der Waals surface area contributed by atoms with E-state index in [0.29, 0.717) is 16.9 Å². The normalized spacial score (nSPS) is 10.4. The van der Waals surface area contributed by atoms with Gasteiger partial charge in [0.25, 0.3) is 0 Å². The molecule has 0 saturated carbocycles. The number of halogens is 4. The van der Waals surface area contributed by atoms with Crippen LogP contribution in [-0.4, -0.2) is 6.29 Å². The summed E-state index contributed by atoms with van der Waals surface area (Å²) in [4.78, 5) is 11.0. The van der Waals surface area contributed by atoms with E-state index >= 15 is 0 Å². The minimum absolute atomic E-state index is 0.0481. The minimum Gasteiger partial charge on any atom is -0.486 e. The molecule has 0 radical (unpaired) electrons. The molecule has 0 amide bonds. The maximum Gasteiger partial charge on any atom is 0.153 e. The molecule has 20 heavy (non-hydrogen) atoms. The van der Waals surface area contributed by atoms with Crippen molar-refractivity contribution >= 4 is 45.4 Å². The number of rotatable bonds is 4. The fourth-order valence-corrected chi connectivity index (χ4v) is 2.60. The second-order valence-corrected chi connectivity index (χ2v) is 5.71. The summed E-state index contributed by atoms with van der Waals surface area (Å²) in [5.74, 6) is -0.212. The van der Waals surface area contributed by atoms with Crippen molar-refractivity contribution in [2.45, 2.75) is 6.61 Å². The first-order valence-corrected chi connectivity index (χ1v) is 7.07. The molecule has 6 heteroatoms. The van der Waals surface area contributed by atoms with Gasteiger partial charge in [-0.05, 0) is 30.3 Å². The standard InChI is InChI=1S/C14H8BrCl2FO2/c15-10-1-2-13(18)9(3-10)7-20-14-8(6-19)4-11(16)5-12(14)17/h1-6H,7H2. The zero-order valence-corrected chi connectivity index (χ0v) is 13.1. The minimum atomic E-state index is -0.397. The Balaban J connectivity index is 2.27. The Hall–Kier alpha value is -1.10. The average molecular weight is 378 g/mol. The molecule has 2 rings (SSSR count). The lowest BCUT2D eigenvalue weighted by molar-refractivity contribution is 0.111. The molecule has 0 bridgehead atoms. The maximum absolute atomic E-state index is 13.6. The first kappa shape index (κ1) is 15.3. The van der Waals surface area contributed by atoms with Gasteiger partial charge in [0.05, 0.1) is 10.6 Å². The third-order valence-corrected chi connectivity index (χ3v) is 3.54. The lowest BCUT2D eigenvalue weighted by atomic mass is 10.2. The van der Waals surface area contributed by atoms with Crippen molar-refractivity contribution in [1.82, 2.24) is 0 Å². The maximum atomic E-state index is 13.6. The van der Waals surface area contributed by atoms with Gasteiger partial charge in [-0.2, -0.15) is 0 Å². The Kier molecular flexibility index (Phi) is 5.02. The lowest BCUT2D eigenvalue weighted by Crippen LogP contribution is -2.01. The first-order chi connectivity index (χ1) is 9.51. The molecule has 2 aromatic carbocycles. The molecule has 0 heterocycles. The van der Waals surface area contributed by atoms with Crippen LogP contribution in [0.15, 0.2) is 34.8 Å². The molecule has 0 unspecified atom stereocenters. The highest BCUT2D eigenvalue weighted by Gasteiger charge is 2.12. The lowest BCUT2D eigenvalue weighted by Gasteiger charge is -2.11. The monoisotopic (exact) mass is 376 g/mol. The van der Waals surface area contributed by atoms with Crippen molar-refractivity contribution in [3.63, 3.8) is 0 Å². The van der Waals surface area contributed by atoms with Gasteiger partial charge in [-0.1, -0.05) is 39.1 Å². The second-order valence-electron chi connectivity index (χ2n) is 3.95. The van der Waals surface area contributed by atoms with Crippen LogP contribution in [0.4, 0.5) is 4.39 Å². The summed E-state index contributed by atoms with van der Waals surface area (Å²) < 4.78 is 19.8. The number of hydrogen-bond donors (Lipinski definition) is 0. The molecule has 0 aliphatic heterocycles. The van der Waals surface area contributed by atoms with Crippen LogP contribution in [0.3, 0.4) is 0 Å². The first-order valence-electron chi connectivity index (χ1n) is 5.52. The quantitative estimate of drug-likeness (QED) is 0.677. The van der Waals surface area contributed by atoms with Gasteiger partial charge in [0.2, 0.25) is 0 Å². The van der Waals surface area contributed by atoms with Crippen LogP contribution >= 0.6 is 39.1 Å². The zero-order chi connectivity index (χ0) is 14.7. The Morgan fingerprint density at radius 1 is 1.25 bits per heavy atom. The van der Waals surface area contributed by atoms with Crippen molar-refractivity contribution in [2.24, 2.45) is 0 Å². The van der Waals surface area contributed by atoms with E-state index in [1.54, 1.807) is 12.1 Å². The predicted molar refractivity (Wildman–Crippen MR) is 80.3 cm³/mol. The summed E-state index contributed by atoms with van der Waals surface area (Å²) in [6.45, 7) is -0.0481. The number of ether oxygens (including phenoxy) is 1. The summed E-state index contributed by atoms with van der Waals surface area (Å²) in [6, 6.07) is 7.41. The van der Waals surface area contributed by atoms with Gasteiger partial charge in [0.1, 0.15) is 18.2 Å². The topological polar surface area (TPSA) is 26.3 Å². The summed E-state index contributed by atoms with van der Waals surface area (Å²) in [5.41, 5.74) is 0.570. The molecule has 0 spiro atoms. The largest absolute Gasteiger partial charge is 0.486 e. The van der Waals surface area contributed by atoms with Gasteiger partial charge < -0.3 is 4.74 Å². The van der Waals surface area contributed by atoms with Crippen LogP contribution in [-0.2, 0) is 6.61 Å². The third kappa shape index (κ3) is 3.51. The van der Waals surface area contributed by atoms with Crippen LogP contribution in [0.1, 0.15) is 15.9 Å². The van der Waals surface area contributed by atoms with E-state index in [-0.39, 0.29) is 22.9 Å². The summed E-state index contributed by atoms with van der Waals surface area (Å²) in [6.07, 6.45) is 0.588. The second kappa shape index (κ2) is 6.57. The summed E-state index contributed by atoms with van der Waals surface area (Å²) in [5, 5.41) is 0.535. The summed E-state index contributed by atoms with van der Waals surface area (Å²) >= 11 is 15.0. The number of carbonyl (C=O) groups excluding carboxylic acids is 1. The summed E-state index contributed by atoms with van der Waals surface area (Å²) in [7, 11) is 0. The average Bonchev–Trinajstić information content (AvgIpc) is 2.40. The Labute approximate surface area is 133 Å². The van der Waals surface area contributed by atoms with Gasteiger partial charge in [-0.25, -0.2) is 4.39 Å². The van der Waals surface area contributed by atoms with E-state index in [9.17, 15) is 9.18 Å². The van der Waals surface area contributed by atoms with E-state index in [1.165, 1.54) is 18.2 Å². The van der Waals surface area contributed by atoms with Gasteiger partial charge in [-0.3, -0.25) is 4.79 Å². The molecular weight excluding hydrogens is 370 g/mol. The Morgan fingerprint density at radius 2 is 2.00 bits per heavy atom. The SMILES string of the molecule is O=Cc1cc(Cl)cc(Cl)c1OCc1cc(Br)ccc1F. The molecular formula is C14H8BrCl2FO2. The molecule has 0 aromatic heterocycles. The predicted octanol–water partition coefficient (Wildman–Crippen LogP) is 5.29. The number of carbonyl (C=O) groups is 1. The molecule has 2 nitrogen and oxygen atoms in total. The number of benzene rings is 2. The van der Waals surface area contributed by atoms with Crippen molar-refractivity contribution in [3.05, 3.63) is 61.8 Å². The van der Waals surface area contributed by atoms with Gasteiger partial charge in [0, 0.05) is 15.1 Å². The zero-order valence-electron chi connectivity index (χ0n) is 10.00. The molecule has 104 valence electrons. The van der Waals surface area contributed by atoms with Crippen LogP contribution in [0, 0.1) is 5.82 Å². The van der Waals surface area contributed by atoms with E-state index in [0.717, 1.165) is 4.47 Å². The number of hydrogen-bond acceptors (Lipinski definition) is 2. The van der Waals surface area contributed by atoms with E-state index < -0.39 is 5.82 Å². The number of aldehydes is 1. The highest BCUT2D eigenvalue weighted by Crippen LogP contribution is 2.32.